The van der Waals surface area contributed by atoms with Gasteiger partial charge in [0, 0.05) is 29.9 Å². The first-order valence-electron chi connectivity index (χ1n) is 9.11. The largest absolute Gasteiger partial charge is 0.383 e. The second-order valence-electron chi connectivity index (χ2n) is 6.54. The number of nitrogens with one attached hydrogen (secondary N) is 2. The third-order valence-corrected chi connectivity index (χ3v) is 5.79. The molecular formula is C20H18ClN5O3S. The first kappa shape index (κ1) is 20.3. The molecule has 0 aliphatic carbocycles. The molecule has 0 unspecified atom stereocenters. The molecule has 0 bridgehead atoms. The first-order chi connectivity index (χ1) is 14.5. The van der Waals surface area contributed by atoms with Crippen LogP contribution in [-0.4, -0.2) is 40.8 Å². The number of amides is 1. The molecule has 2 heterocycles. The zero-order valence-electron chi connectivity index (χ0n) is 16.2. The van der Waals surface area contributed by atoms with Gasteiger partial charge in [-0.3, -0.25) is 9.59 Å². The van der Waals surface area contributed by atoms with Gasteiger partial charge in [-0.15, -0.1) is 5.10 Å². The Kier molecular flexibility index (Phi) is 5.67. The molecule has 0 fully saturated rings. The lowest BCUT2D eigenvalue weighted by atomic mass is 10.1. The van der Waals surface area contributed by atoms with Gasteiger partial charge in [-0.2, -0.15) is 4.52 Å². The van der Waals surface area contributed by atoms with Crippen LogP contribution in [0.3, 0.4) is 0 Å². The second kappa shape index (κ2) is 8.39. The van der Waals surface area contributed by atoms with Gasteiger partial charge in [-0.1, -0.05) is 29.0 Å². The lowest BCUT2D eigenvalue weighted by Gasteiger charge is -2.06. The molecular weight excluding hydrogens is 426 g/mol. The van der Waals surface area contributed by atoms with Crippen LogP contribution in [0.5, 0.6) is 0 Å². The van der Waals surface area contributed by atoms with Crippen molar-refractivity contribution in [3.8, 4) is 0 Å². The van der Waals surface area contributed by atoms with Crippen molar-refractivity contribution in [1.82, 2.24) is 19.9 Å². The minimum absolute atomic E-state index is 0.251. The quantitative estimate of drug-likeness (QED) is 0.443. The number of carbonyl (C=O) groups excluding carboxylic acids is 1. The zero-order valence-corrected chi connectivity index (χ0v) is 17.8. The summed E-state index contributed by atoms with van der Waals surface area (Å²) in [7, 11) is 1.57. The van der Waals surface area contributed by atoms with Gasteiger partial charge in [0.05, 0.1) is 17.5 Å². The molecule has 1 amide bonds. The highest BCUT2D eigenvalue weighted by Crippen LogP contribution is 2.28. The van der Waals surface area contributed by atoms with Crippen molar-refractivity contribution in [2.75, 3.05) is 25.6 Å². The van der Waals surface area contributed by atoms with Crippen LogP contribution < -0.4 is 16.2 Å². The summed E-state index contributed by atoms with van der Waals surface area (Å²) < 4.78 is 6.19. The van der Waals surface area contributed by atoms with E-state index in [9.17, 15) is 9.59 Å². The Bertz CT molecular complexity index is 1320. The highest BCUT2D eigenvalue weighted by Gasteiger charge is 2.14. The average molecular weight is 444 g/mol. The van der Waals surface area contributed by atoms with Crippen LogP contribution in [0.2, 0.25) is 5.02 Å². The van der Waals surface area contributed by atoms with Crippen molar-refractivity contribution in [1.29, 1.82) is 0 Å². The minimum Gasteiger partial charge on any atom is -0.383 e. The average Bonchev–Trinajstić information content (AvgIpc) is 3.14. The van der Waals surface area contributed by atoms with Gasteiger partial charge in [-0.05, 0) is 42.8 Å². The molecule has 0 spiro atoms. The van der Waals surface area contributed by atoms with E-state index in [-0.39, 0.29) is 11.5 Å². The molecule has 0 aliphatic rings. The summed E-state index contributed by atoms with van der Waals surface area (Å²) in [4.78, 5) is 30.1. The first-order valence-corrected chi connectivity index (χ1v) is 10.3. The summed E-state index contributed by atoms with van der Waals surface area (Å²) >= 11 is 7.41. The summed E-state index contributed by atoms with van der Waals surface area (Å²) in [6, 6.07) is 10.3. The molecule has 10 heteroatoms. The molecule has 8 nitrogen and oxygen atoms in total. The number of methoxy groups -OCH3 is 1. The number of hydrogen-bond donors (Lipinski definition) is 2. The molecule has 154 valence electrons. The standard InChI is InChI=1S/C20H18ClN5O3S/c1-11-14(21)4-3-5-15(11)23-19-25-26-18(28)13-7-6-12(17(27)22-8-9-29-2)10-16(13)24-20(26)30-19/h3-7,10H,8-9H2,1-2H3,(H,22,27)(H,23,25). The molecule has 0 saturated carbocycles. The van der Waals surface area contributed by atoms with Crippen molar-refractivity contribution in [3.05, 3.63) is 62.9 Å². The van der Waals surface area contributed by atoms with Crippen molar-refractivity contribution < 1.29 is 9.53 Å². The van der Waals surface area contributed by atoms with E-state index in [0.29, 0.717) is 44.7 Å². The highest BCUT2D eigenvalue weighted by molar-refractivity contribution is 7.20. The van der Waals surface area contributed by atoms with Crippen molar-refractivity contribution in [3.63, 3.8) is 0 Å². The van der Waals surface area contributed by atoms with Crippen LogP contribution in [0.1, 0.15) is 15.9 Å². The molecule has 0 aliphatic heterocycles. The smallest absolute Gasteiger partial charge is 0.283 e. The number of hydrogen-bond acceptors (Lipinski definition) is 7. The minimum atomic E-state index is -0.298. The van der Waals surface area contributed by atoms with E-state index in [1.54, 1.807) is 25.3 Å². The predicted molar refractivity (Wildman–Crippen MR) is 118 cm³/mol. The number of nitrogens with zero attached hydrogens (tertiary/aromatic N) is 3. The Morgan fingerprint density at radius 3 is 2.93 bits per heavy atom. The van der Waals surface area contributed by atoms with Crippen LogP contribution in [0, 0.1) is 6.92 Å². The number of fused-ring (bicyclic) bond motifs is 2. The predicted octanol–water partition coefficient (Wildman–Crippen LogP) is 3.39. The van der Waals surface area contributed by atoms with Gasteiger partial charge >= 0.3 is 0 Å². The van der Waals surface area contributed by atoms with Crippen molar-refractivity contribution >= 4 is 55.5 Å². The molecule has 0 atom stereocenters. The number of benzene rings is 2. The SMILES string of the molecule is COCCNC(=O)c1ccc2c(=O)n3nc(Nc4cccc(Cl)c4C)sc3nc2c1. The van der Waals surface area contributed by atoms with Crippen molar-refractivity contribution in [2.24, 2.45) is 0 Å². The van der Waals surface area contributed by atoms with E-state index in [0.717, 1.165) is 11.3 Å². The van der Waals surface area contributed by atoms with Gasteiger partial charge in [0.1, 0.15) is 0 Å². The second-order valence-corrected chi connectivity index (χ2v) is 7.90. The third kappa shape index (κ3) is 3.87. The number of anilines is 2. The Balaban J connectivity index is 1.70. The highest BCUT2D eigenvalue weighted by atomic mass is 35.5. The Hall–Kier alpha value is -3.01. The number of halogens is 1. The van der Waals surface area contributed by atoms with Crippen LogP contribution in [0.25, 0.3) is 15.9 Å². The van der Waals surface area contributed by atoms with Crippen molar-refractivity contribution in [2.45, 2.75) is 6.92 Å². The van der Waals surface area contributed by atoms with E-state index in [1.807, 2.05) is 25.1 Å². The lowest BCUT2D eigenvalue weighted by molar-refractivity contribution is 0.0937. The number of carbonyl (C=O) groups is 1. The number of rotatable bonds is 6. The van der Waals surface area contributed by atoms with Gasteiger partial charge < -0.3 is 15.4 Å². The molecule has 0 radical (unpaired) electrons. The van der Waals surface area contributed by atoms with Crippen LogP contribution in [0.15, 0.2) is 41.2 Å². The maximum absolute atomic E-state index is 12.9. The Morgan fingerprint density at radius 2 is 2.13 bits per heavy atom. The lowest BCUT2D eigenvalue weighted by Crippen LogP contribution is -2.27. The molecule has 4 aromatic rings. The van der Waals surface area contributed by atoms with E-state index in [1.165, 1.54) is 15.9 Å². The Labute approximate surface area is 180 Å². The number of aromatic nitrogens is 3. The summed E-state index contributed by atoms with van der Waals surface area (Å²) in [6.45, 7) is 2.72. The summed E-state index contributed by atoms with van der Waals surface area (Å²) in [6.07, 6.45) is 0. The van der Waals surface area contributed by atoms with E-state index < -0.39 is 0 Å². The van der Waals surface area contributed by atoms with Crippen LogP contribution in [-0.2, 0) is 4.74 Å². The maximum atomic E-state index is 12.9. The molecule has 2 aromatic carbocycles. The van der Waals surface area contributed by atoms with Gasteiger partial charge in [0.25, 0.3) is 11.5 Å². The molecule has 0 saturated heterocycles. The van der Waals surface area contributed by atoms with Crippen LogP contribution in [0.4, 0.5) is 10.8 Å². The van der Waals surface area contributed by atoms with Gasteiger partial charge in [0.2, 0.25) is 10.1 Å². The van der Waals surface area contributed by atoms with E-state index in [2.05, 4.69) is 20.7 Å². The van der Waals surface area contributed by atoms with E-state index in [4.69, 9.17) is 16.3 Å². The Morgan fingerprint density at radius 1 is 1.30 bits per heavy atom. The fourth-order valence-corrected chi connectivity index (χ4v) is 3.91. The molecule has 2 N–H and O–H groups in total. The third-order valence-electron chi connectivity index (χ3n) is 4.56. The molecule has 30 heavy (non-hydrogen) atoms. The fourth-order valence-electron chi connectivity index (χ4n) is 2.93. The topological polar surface area (TPSA) is 97.6 Å². The monoisotopic (exact) mass is 443 g/mol. The zero-order chi connectivity index (χ0) is 21.3. The summed E-state index contributed by atoms with van der Waals surface area (Å²) in [5.74, 6) is -0.251. The fraction of sp³-hybridized carbons (Fsp3) is 0.200. The van der Waals surface area contributed by atoms with E-state index >= 15 is 0 Å². The normalized spacial score (nSPS) is 11.2. The van der Waals surface area contributed by atoms with Gasteiger partial charge in [-0.25, -0.2) is 4.98 Å². The maximum Gasteiger partial charge on any atom is 0.283 e. The molecule has 4 rings (SSSR count). The molecule has 2 aromatic heterocycles. The summed E-state index contributed by atoms with van der Waals surface area (Å²) in [5.41, 5.74) is 2.25. The van der Waals surface area contributed by atoms with Crippen LogP contribution >= 0.6 is 22.9 Å². The number of ether oxygens (including phenoxy) is 1. The summed E-state index contributed by atoms with van der Waals surface area (Å²) in [5, 5.41) is 11.8. The van der Waals surface area contributed by atoms with Gasteiger partial charge in [0.15, 0.2) is 0 Å².